The molecule has 1 radical (unpaired) electrons. The van der Waals surface area contributed by atoms with Gasteiger partial charge in [0.05, 0.1) is 0 Å². The van der Waals surface area contributed by atoms with Gasteiger partial charge in [-0.25, -0.2) is 0 Å². The smallest absolute Gasteiger partial charge is 0.412 e. The molecule has 0 aliphatic rings. The van der Waals surface area contributed by atoms with Gasteiger partial charge in [0.25, 0.3) is 0 Å². The molecule has 0 unspecified atom stereocenters. The van der Waals surface area contributed by atoms with Crippen molar-refractivity contribution in [2.45, 2.75) is 0 Å². The summed E-state index contributed by atoms with van der Waals surface area (Å²) in [5.74, 6) is -0.774. The summed E-state index contributed by atoms with van der Waals surface area (Å²) >= 11 is 0. The van der Waals surface area contributed by atoms with Crippen LogP contribution in [0, 0.1) is 20.2 Å². The van der Waals surface area contributed by atoms with Gasteiger partial charge >= 0.3 is 28.7 Å². The number of rotatable bonds is 5. The minimum absolute atomic E-state index is 0. The van der Waals surface area contributed by atoms with E-state index >= 15 is 0 Å². The van der Waals surface area contributed by atoms with Crippen molar-refractivity contribution >= 4 is 0 Å². The zero-order chi connectivity index (χ0) is 13.1. The quantitative estimate of drug-likeness (QED) is 0.233. The molecule has 0 bridgehead atoms. The maximum absolute atomic E-state index is 10.2. The number of nitro groups is 2. The van der Waals surface area contributed by atoms with Crippen LogP contribution in [0.5, 0.6) is 0 Å². The molecule has 2 aromatic rings. The van der Waals surface area contributed by atoms with Crippen LogP contribution in [0.2, 0.25) is 0 Å². The molecule has 0 saturated heterocycles. The zero-order valence-corrected chi connectivity index (χ0v) is 12.6. The van der Waals surface area contributed by atoms with Crippen molar-refractivity contribution in [3.63, 3.8) is 0 Å². The Balaban J connectivity index is -0.000000201. The molecular weight excluding hydrogens is 392 g/mol. The molecule has 2 rings (SSSR count). The van der Waals surface area contributed by atoms with Gasteiger partial charge in [0, 0.05) is 0 Å². The fourth-order valence-electron chi connectivity index (χ4n) is 0.892. The number of hydrogen-bond acceptors (Lipinski definition) is 14. The second-order valence-corrected chi connectivity index (χ2v) is 2.44. The summed E-state index contributed by atoms with van der Waals surface area (Å²) in [5.41, 5.74) is 5.56. The third-order valence-corrected chi connectivity index (χ3v) is 1.42. The molecule has 22 heteroatoms. The van der Waals surface area contributed by atoms with Crippen LogP contribution < -0.4 is 24.6 Å². The Hall–Kier alpha value is -3.14. The molecule has 0 saturated carbocycles. The Bertz CT molecular complexity index is 541. The van der Waals surface area contributed by atoms with Crippen LogP contribution in [-0.2, 0) is 17.1 Å². The van der Waals surface area contributed by atoms with Crippen molar-refractivity contribution in [3.8, 4) is 11.6 Å². The van der Waals surface area contributed by atoms with Gasteiger partial charge < -0.3 is 50.3 Å². The van der Waals surface area contributed by atoms with E-state index in [4.69, 9.17) is 0 Å². The number of hydrogen-bond donors (Lipinski definition) is 4. The fraction of sp³-hybridized carbons (Fsp3) is 0. The van der Waals surface area contributed by atoms with E-state index in [2.05, 4.69) is 42.1 Å². The van der Waals surface area contributed by atoms with Gasteiger partial charge in [0.2, 0.25) is 0 Å². The summed E-state index contributed by atoms with van der Waals surface area (Å²) in [6, 6.07) is 0. The number of nitrogens with zero attached hydrogens (tertiary/aromatic N) is 12. The van der Waals surface area contributed by atoms with Crippen LogP contribution in [0.25, 0.3) is 22.7 Å². The van der Waals surface area contributed by atoms with E-state index in [-0.39, 0.29) is 58.8 Å². The largest absolute Gasteiger partial charge is 2.00 e. The van der Waals surface area contributed by atoms with Gasteiger partial charge in [0.1, 0.15) is 0 Å². The molecule has 0 aromatic carbocycles. The van der Waals surface area contributed by atoms with Crippen LogP contribution >= 0.6 is 0 Å². The first kappa shape index (κ1) is 32.7. The molecule has 2 heterocycles. The van der Waals surface area contributed by atoms with Gasteiger partial charge in [-0.15, -0.1) is 20.0 Å². The summed E-state index contributed by atoms with van der Waals surface area (Å²) in [4.78, 5) is 21.1. The van der Waals surface area contributed by atoms with E-state index in [1.54, 1.807) is 0 Å². The van der Waals surface area contributed by atoms with Crippen LogP contribution in [0.1, 0.15) is 0 Å². The monoisotopic (exact) mass is 405 g/mol. The molecule has 0 atom stereocenters. The third-order valence-electron chi connectivity index (χ3n) is 1.42. The Kier molecular flexibility index (Phi) is 18.4. The van der Waals surface area contributed by atoms with Gasteiger partial charge in [-0.05, 0) is 10.1 Å². The van der Waals surface area contributed by atoms with E-state index in [0.717, 1.165) is 0 Å². The van der Waals surface area contributed by atoms with E-state index < -0.39 is 10.1 Å². The van der Waals surface area contributed by atoms with Gasteiger partial charge in [-0.3, -0.25) is 0 Å². The Morgan fingerprint density at radius 1 is 0.792 bits per heavy atom. The first-order valence-corrected chi connectivity index (χ1v) is 3.87. The SMILES string of the molecule is N.N.N.N.O.O=[N+]([O-])[N-]n1nnnc1-c1nnnn1[N-][N+](=O)[O-].[Cu+2]. The van der Waals surface area contributed by atoms with Crippen molar-refractivity contribution in [2.75, 3.05) is 0 Å². The van der Waals surface area contributed by atoms with E-state index in [0.29, 0.717) is 9.58 Å². The van der Waals surface area contributed by atoms with Crippen LogP contribution in [-0.4, -0.2) is 56.2 Å². The van der Waals surface area contributed by atoms with Crippen molar-refractivity contribution in [1.29, 1.82) is 0 Å². The molecule has 0 amide bonds. The van der Waals surface area contributed by atoms with Crippen LogP contribution in [0.15, 0.2) is 0 Å². The van der Waals surface area contributed by atoms with E-state index in [9.17, 15) is 20.2 Å². The number of aromatic nitrogens is 8. The maximum atomic E-state index is 10.2. The number of tetrazole rings is 2. The van der Waals surface area contributed by atoms with E-state index in [1.807, 2.05) is 0 Å². The fourth-order valence-corrected chi connectivity index (χ4v) is 0.892. The second-order valence-electron chi connectivity index (χ2n) is 2.44. The van der Waals surface area contributed by atoms with E-state index in [1.165, 1.54) is 0 Å². The van der Waals surface area contributed by atoms with Crippen molar-refractivity contribution in [1.82, 2.24) is 65.2 Å². The molecule has 2 aromatic heterocycles. The predicted octanol–water partition coefficient (Wildman–Crippen LogP) is -2.20. The van der Waals surface area contributed by atoms with Crippen molar-refractivity contribution in [2.24, 2.45) is 0 Å². The predicted molar refractivity (Wildman–Crippen MR) is 69.8 cm³/mol. The molecule has 0 spiro atoms. The zero-order valence-electron chi connectivity index (χ0n) is 11.6. The molecular formula is C2H14CuN16O5. The van der Waals surface area contributed by atoms with Crippen molar-refractivity contribution < 1.29 is 32.6 Å². The first-order valence-electron chi connectivity index (χ1n) is 3.87. The van der Waals surface area contributed by atoms with Gasteiger partial charge in [-0.2, -0.15) is 10.4 Å². The summed E-state index contributed by atoms with van der Waals surface area (Å²) in [6.45, 7) is 0. The van der Waals surface area contributed by atoms with Crippen LogP contribution in [0.4, 0.5) is 0 Å². The molecule has 0 aliphatic heterocycles. The Morgan fingerprint density at radius 2 is 1.08 bits per heavy atom. The standard InChI is InChI=1S/C2N12O4.Cu.4H3N.H2O/c15-13(16)9-11-1(3-5-7-11)2-4-6-8-12(2)10-14(17)18;;;;;;/h;;4*1H3;1H2/q-2;+2;;;;;. The maximum Gasteiger partial charge on any atom is 2.00 e. The molecule has 14 N–H and O–H groups in total. The average molecular weight is 406 g/mol. The molecule has 21 nitrogen and oxygen atoms in total. The minimum Gasteiger partial charge on any atom is -0.412 e. The van der Waals surface area contributed by atoms with Gasteiger partial charge in [-0.1, -0.05) is 21.3 Å². The Labute approximate surface area is 141 Å². The van der Waals surface area contributed by atoms with Crippen LogP contribution in [0.3, 0.4) is 0 Å². The first-order chi connectivity index (χ1) is 8.58. The third kappa shape index (κ3) is 7.22. The van der Waals surface area contributed by atoms with Gasteiger partial charge in [0.15, 0.2) is 0 Å². The molecule has 24 heavy (non-hydrogen) atoms. The summed E-state index contributed by atoms with van der Waals surface area (Å²) in [5, 5.41) is 37.4. The second kappa shape index (κ2) is 13.5. The molecule has 0 fully saturated rings. The summed E-state index contributed by atoms with van der Waals surface area (Å²) < 4.78 is 0. The summed E-state index contributed by atoms with van der Waals surface area (Å²) in [7, 11) is 0. The molecule has 0 aliphatic carbocycles. The summed E-state index contributed by atoms with van der Waals surface area (Å²) in [6.07, 6.45) is 0. The Morgan fingerprint density at radius 3 is 1.33 bits per heavy atom. The topological polar surface area (TPSA) is 373 Å². The average Bonchev–Trinajstić information content (AvgIpc) is 2.85. The molecule has 143 valence electrons. The minimum atomic E-state index is -1.07. The van der Waals surface area contributed by atoms with Crippen molar-refractivity contribution in [3.05, 3.63) is 31.3 Å². The normalized spacial score (nSPS) is 7.50.